The van der Waals surface area contributed by atoms with Gasteiger partial charge in [0.05, 0.1) is 19.6 Å². The number of hydrogen-bond acceptors (Lipinski definition) is 6. The molecule has 24 heavy (non-hydrogen) atoms. The third-order valence-corrected chi connectivity index (χ3v) is 4.24. The molecule has 1 aromatic heterocycles. The monoisotopic (exact) mass is 356 g/mol. The molecule has 0 aromatic carbocycles. The van der Waals surface area contributed by atoms with E-state index in [4.69, 9.17) is 4.74 Å². The molecule has 0 saturated heterocycles. The van der Waals surface area contributed by atoms with Crippen molar-refractivity contribution in [2.45, 2.75) is 65.5 Å². The summed E-state index contributed by atoms with van der Waals surface area (Å²) in [5.74, 6) is 0.155. The van der Waals surface area contributed by atoms with E-state index in [1.807, 2.05) is 20.8 Å². The van der Waals surface area contributed by atoms with Gasteiger partial charge >= 0.3 is 12.1 Å². The summed E-state index contributed by atoms with van der Waals surface area (Å²) in [6.07, 6.45) is 2.99. The van der Waals surface area contributed by atoms with Gasteiger partial charge in [0.25, 0.3) is 0 Å². The molecule has 0 unspecified atom stereocenters. The summed E-state index contributed by atoms with van der Waals surface area (Å²) in [5, 5.41) is 3.73. The molecule has 1 rings (SSSR count). The van der Waals surface area contributed by atoms with Crippen LogP contribution in [0.4, 0.5) is 4.79 Å². The number of thiazole rings is 1. The largest absolute Gasteiger partial charge is 0.469 e. The Morgan fingerprint density at radius 2 is 2.00 bits per heavy atom. The summed E-state index contributed by atoms with van der Waals surface area (Å²) in [4.78, 5) is 28.7. The molecule has 0 aliphatic carbocycles. The number of nitrogens with one attached hydrogen (secondary N) is 1. The first-order valence-electron chi connectivity index (χ1n) is 8.11. The van der Waals surface area contributed by atoms with Crippen molar-refractivity contribution in [3.63, 3.8) is 0 Å². The summed E-state index contributed by atoms with van der Waals surface area (Å²) >= 11 is 1.51. The van der Waals surface area contributed by atoms with Crippen LogP contribution in [0.2, 0.25) is 0 Å². The maximum atomic E-state index is 12.1. The van der Waals surface area contributed by atoms with Crippen molar-refractivity contribution in [3.05, 3.63) is 16.1 Å². The van der Waals surface area contributed by atoms with Crippen LogP contribution in [0.1, 0.15) is 63.4 Å². The lowest BCUT2D eigenvalue weighted by Gasteiger charge is -2.23. The predicted molar refractivity (Wildman–Crippen MR) is 94.0 cm³/mol. The molecule has 1 aromatic rings. The summed E-state index contributed by atoms with van der Waals surface area (Å²) in [6.45, 7) is 9.68. The minimum atomic E-state index is -0.541. The first-order valence-corrected chi connectivity index (χ1v) is 8.93. The van der Waals surface area contributed by atoms with Crippen molar-refractivity contribution in [2.24, 2.45) is 5.92 Å². The lowest BCUT2D eigenvalue weighted by atomic mass is 10.0. The topological polar surface area (TPSA) is 77.5 Å². The van der Waals surface area contributed by atoms with Gasteiger partial charge in [-0.15, -0.1) is 11.3 Å². The van der Waals surface area contributed by atoms with Crippen LogP contribution in [0.25, 0.3) is 0 Å². The molecule has 0 aliphatic heterocycles. The number of aryl methyl sites for hydroxylation is 1. The Labute approximate surface area is 148 Å². The number of amides is 1. The Kier molecular flexibility index (Phi) is 7.66. The Morgan fingerprint density at radius 3 is 2.54 bits per heavy atom. The average Bonchev–Trinajstić information content (AvgIpc) is 2.90. The van der Waals surface area contributed by atoms with Gasteiger partial charge in [-0.2, -0.15) is 0 Å². The molecule has 136 valence electrons. The van der Waals surface area contributed by atoms with Crippen LogP contribution in [0.5, 0.6) is 0 Å². The lowest BCUT2D eigenvalue weighted by Crippen LogP contribution is -2.35. The van der Waals surface area contributed by atoms with E-state index in [-0.39, 0.29) is 12.0 Å². The highest BCUT2D eigenvalue weighted by Crippen LogP contribution is 2.27. The number of hydrogen-bond donors (Lipinski definition) is 1. The van der Waals surface area contributed by atoms with Crippen LogP contribution in [0.3, 0.4) is 0 Å². The maximum absolute atomic E-state index is 12.1. The van der Waals surface area contributed by atoms with Gasteiger partial charge in [0.15, 0.2) is 0 Å². The van der Waals surface area contributed by atoms with Gasteiger partial charge in [0, 0.05) is 11.1 Å². The number of carbonyl (C=O) groups is 2. The highest BCUT2D eigenvalue weighted by Gasteiger charge is 2.23. The zero-order valence-electron chi connectivity index (χ0n) is 15.3. The zero-order chi connectivity index (χ0) is 18.3. The van der Waals surface area contributed by atoms with Crippen molar-refractivity contribution in [1.82, 2.24) is 10.3 Å². The molecule has 0 aliphatic rings. The van der Waals surface area contributed by atoms with Crippen molar-refractivity contribution >= 4 is 23.4 Å². The van der Waals surface area contributed by atoms with Gasteiger partial charge < -0.3 is 14.8 Å². The summed E-state index contributed by atoms with van der Waals surface area (Å²) in [5.41, 5.74) is -0.541. The maximum Gasteiger partial charge on any atom is 0.408 e. The molecule has 1 atom stereocenters. The van der Waals surface area contributed by atoms with Gasteiger partial charge in [-0.05, 0) is 39.5 Å². The van der Waals surface area contributed by atoms with Crippen LogP contribution < -0.4 is 5.32 Å². The molecule has 1 N–H and O–H groups in total. The second kappa shape index (κ2) is 9.01. The highest BCUT2D eigenvalue weighted by atomic mass is 32.1. The number of esters is 1. The van der Waals surface area contributed by atoms with Gasteiger partial charge in [0.1, 0.15) is 10.6 Å². The number of aromatic nitrogens is 1. The standard InChI is InChI=1S/C17H28N2O4S/c1-11(2)9-13(19-16(21)23-17(3,4)5)15-18-10-12(24-15)7-8-14(20)22-6/h10-11,13H,7-9H2,1-6H3,(H,19,21)/t13-/m0/s1. The second-order valence-electron chi connectivity index (χ2n) is 7.07. The molecular weight excluding hydrogens is 328 g/mol. The van der Waals surface area contributed by atoms with Gasteiger partial charge in [-0.3, -0.25) is 4.79 Å². The van der Waals surface area contributed by atoms with E-state index in [0.29, 0.717) is 18.8 Å². The second-order valence-corrected chi connectivity index (χ2v) is 8.22. The summed E-state index contributed by atoms with van der Waals surface area (Å²) < 4.78 is 9.99. The van der Waals surface area contributed by atoms with E-state index in [0.717, 1.165) is 16.3 Å². The van der Waals surface area contributed by atoms with Crippen LogP contribution in [0, 0.1) is 5.92 Å². The minimum absolute atomic E-state index is 0.197. The zero-order valence-corrected chi connectivity index (χ0v) is 16.2. The summed E-state index contributed by atoms with van der Waals surface area (Å²) in [6, 6.07) is -0.197. The molecule has 0 radical (unpaired) electrons. The first kappa shape index (κ1) is 20.4. The minimum Gasteiger partial charge on any atom is -0.469 e. The van der Waals surface area contributed by atoms with E-state index >= 15 is 0 Å². The van der Waals surface area contributed by atoms with E-state index in [2.05, 4.69) is 28.9 Å². The van der Waals surface area contributed by atoms with Crippen molar-refractivity contribution < 1.29 is 19.1 Å². The molecule has 0 bridgehead atoms. The van der Waals surface area contributed by atoms with Crippen LogP contribution >= 0.6 is 11.3 Å². The fourth-order valence-electron chi connectivity index (χ4n) is 2.07. The molecular formula is C17H28N2O4S. The lowest BCUT2D eigenvalue weighted by molar-refractivity contribution is -0.140. The first-order chi connectivity index (χ1) is 11.1. The quantitative estimate of drug-likeness (QED) is 0.751. The number of ether oxygens (including phenoxy) is 2. The number of rotatable bonds is 7. The van der Waals surface area contributed by atoms with Crippen LogP contribution in [0.15, 0.2) is 6.20 Å². The predicted octanol–water partition coefficient (Wildman–Crippen LogP) is 3.86. The summed E-state index contributed by atoms with van der Waals surface area (Å²) in [7, 11) is 1.38. The Bertz CT molecular complexity index is 549. The van der Waals surface area contributed by atoms with E-state index in [1.165, 1.54) is 18.4 Å². The molecule has 0 saturated carbocycles. The molecule has 7 heteroatoms. The molecule has 0 fully saturated rings. The van der Waals surface area contributed by atoms with E-state index in [1.54, 1.807) is 6.20 Å². The fourth-order valence-corrected chi connectivity index (χ4v) is 3.05. The number of alkyl carbamates (subject to hydrolysis) is 1. The van der Waals surface area contributed by atoms with Crippen molar-refractivity contribution in [1.29, 1.82) is 0 Å². The Hall–Kier alpha value is -1.63. The van der Waals surface area contributed by atoms with Crippen molar-refractivity contribution in [3.8, 4) is 0 Å². The molecule has 6 nitrogen and oxygen atoms in total. The number of nitrogens with zero attached hydrogens (tertiary/aromatic N) is 1. The third kappa shape index (κ3) is 7.77. The fraction of sp³-hybridized carbons (Fsp3) is 0.706. The van der Waals surface area contributed by atoms with E-state index < -0.39 is 11.7 Å². The smallest absolute Gasteiger partial charge is 0.408 e. The Morgan fingerprint density at radius 1 is 1.33 bits per heavy atom. The third-order valence-electron chi connectivity index (χ3n) is 3.07. The van der Waals surface area contributed by atoms with Gasteiger partial charge in [-0.1, -0.05) is 13.8 Å². The van der Waals surface area contributed by atoms with Crippen LogP contribution in [-0.4, -0.2) is 29.8 Å². The van der Waals surface area contributed by atoms with Gasteiger partial charge in [-0.25, -0.2) is 9.78 Å². The van der Waals surface area contributed by atoms with Crippen LogP contribution in [-0.2, 0) is 20.7 Å². The molecule has 0 spiro atoms. The molecule has 1 amide bonds. The molecule has 1 heterocycles. The van der Waals surface area contributed by atoms with Gasteiger partial charge in [0.2, 0.25) is 0 Å². The highest BCUT2D eigenvalue weighted by molar-refractivity contribution is 7.11. The normalized spacial score (nSPS) is 12.8. The number of methoxy groups -OCH3 is 1. The average molecular weight is 356 g/mol. The number of carbonyl (C=O) groups excluding carboxylic acids is 2. The SMILES string of the molecule is COC(=O)CCc1cnc([C@H](CC(C)C)NC(=O)OC(C)(C)C)s1. The Balaban J connectivity index is 2.76. The van der Waals surface area contributed by atoms with E-state index in [9.17, 15) is 9.59 Å². The van der Waals surface area contributed by atoms with Crippen molar-refractivity contribution in [2.75, 3.05) is 7.11 Å².